The standard InChI is InChI=1S/C16H19F3N2O3/c1-15(2,3)24-14(23)20-10-6-7-12(11(8-10)16(17,18)19)21-13(22)9-4-5-9/h6-9H,4-5H2,1-3H3,(H,20,23)(H,21,22). The Morgan fingerprint density at radius 1 is 1.12 bits per heavy atom. The number of halogens is 3. The maximum Gasteiger partial charge on any atom is 0.418 e. The van der Waals surface area contributed by atoms with E-state index in [-0.39, 0.29) is 17.3 Å². The van der Waals surface area contributed by atoms with Gasteiger partial charge in [0.25, 0.3) is 0 Å². The van der Waals surface area contributed by atoms with Crippen molar-refractivity contribution in [1.82, 2.24) is 0 Å². The smallest absolute Gasteiger partial charge is 0.418 e. The molecule has 0 saturated heterocycles. The van der Waals surface area contributed by atoms with Crippen LogP contribution in [0.2, 0.25) is 0 Å². The Bertz CT molecular complexity index is 647. The molecule has 1 aliphatic carbocycles. The van der Waals surface area contributed by atoms with E-state index in [0.29, 0.717) is 12.8 Å². The molecule has 1 aromatic rings. The summed E-state index contributed by atoms with van der Waals surface area (Å²) in [6, 6.07) is 3.17. The lowest BCUT2D eigenvalue weighted by Gasteiger charge is -2.20. The number of benzene rings is 1. The Hall–Kier alpha value is -2.25. The molecule has 1 saturated carbocycles. The summed E-state index contributed by atoms with van der Waals surface area (Å²) in [4.78, 5) is 23.4. The number of nitrogens with one attached hydrogen (secondary N) is 2. The monoisotopic (exact) mass is 344 g/mol. The average molecular weight is 344 g/mol. The fourth-order valence-electron chi connectivity index (χ4n) is 1.97. The summed E-state index contributed by atoms with van der Waals surface area (Å²) >= 11 is 0. The fourth-order valence-corrected chi connectivity index (χ4v) is 1.97. The van der Waals surface area contributed by atoms with Gasteiger partial charge in [0.1, 0.15) is 5.60 Å². The van der Waals surface area contributed by atoms with Crippen LogP contribution in [0.25, 0.3) is 0 Å². The Morgan fingerprint density at radius 3 is 2.25 bits per heavy atom. The van der Waals surface area contributed by atoms with E-state index in [9.17, 15) is 22.8 Å². The van der Waals surface area contributed by atoms with Gasteiger partial charge in [0.15, 0.2) is 0 Å². The third kappa shape index (κ3) is 5.14. The molecule has 0 atom stereocenters. The summed E-state index contributed by atoms with van der Waals surface area (Å²) in [5.41, 5.74) is -2.19. The van der Waals surface area contributed by atoms with E-state index in [4.69, 9.17) is 4.74 Å². The molecule has 0 spiro atoms. The Kier molecular flexibility index (Phi) is 4.77. The quantitative estimate of drug-likeness (QED) is 0.854. The van der Waals surface area contributed by atoms with Gasteiger partial charge in [-0.2, -0.15) is 13.2 Å². The maximum atomic E-state index is 13.2. The van der Waals surface area contributed by atoms with Crippen LogP contribution in [-0.4, -0.2) is 17.6 Å². The Labute approximate surface area is 137 Å². The number of ether oxygens (including phenoxy) is 1. The molecule has 1 aromatic carbocycles. The highest BCUT2D eigenvalue weighted by Crippen LogP contribution is 2.38. The molecular formula is C16H19F3N2O3. The minimum atomic E-state index is -4.67. The van der Waals surface area contributed by atoms with Gasteiger partial charge < -0.3 is 10.1 Å². The fraction of sp³-hybridized carbons (Fsp3) is 0.500. The number of alkyl halides is 3. The number of anilines is 2. The zero-order chi connectivity index (χ0) is 18.1. The van der Waals surface area contributed by atoms with Crippen molar-refractivity contribution in [3.8, 4) is 0 Å². The van der Waals surface area contributed by atoms with Gasteiger partial charge in [0, 0.05) is 11.6 Å². The summed E-state index contributed by atoms with van der Waals surface area (Å²) in [5, 5.41) is 4.55. The first kappa shape index (κ1) is 18.1. The first-order chi connectivity index (χ1) is 11.0. The van der Waals surface area contributed by atoms with Gasteiger partial charge in [0.05, 0.1) is 11.3 Å². The lowest BCUT2D eigenvalue weighted by molar-refractivity contribution is -0.137. The maximum absolute atomic E-state index is 13.2. The molecule has 2 rings (SSSR count). The first-order valence-electron chi connectivity index (χ1n) is 7.48. The van der Waals surface area contributed by atoms with Crippen LogP contribution < -0.4 is 10.6 Å². The first-order valence-corrected chi connectivity index (χ1v) is 7.48. The average Bonchev–Trinajstić information content (AvgIpc) is 3.21. The van der Waals surface area contributed by atoms with Crippen molar-refractivity contribution < 1.29 is 27.5 Å². The molecule has 1 fully saturated rings. The van der Waals surface area contributed by atoms with E-state index >= 15 is 0 Å². The number of carbonyl (C=O) groups excluding carboxylic acids is 2. The van der Waals surface area contributed by atoms with Crippen molar-refractivity contribution in [2.24, 2.45) is 5.92 Å². The molecule has 2 amide bonds. The molecule has 0 aliphatic heterocycles. The zero-order valence-corrected chi connectivity index (χ0v) is 13.6. The highest BCUT2D eigenvalue weighted by atomic mass is 19.4. The number of rotatable bonds is 3. The van der Waals surface area contributed by atoms with Gasteiger partial charge in [-0.05, 0) is 51.8 Å². The second-order valence-corrected chi connectivity index (χ2v) is 6.65. The van der Waals surface area contributed by atoms with Gasteiger partial charge in [0.2, 0.25) is 5.91 Å². The normalized spacial score (nSPS) is 14.9. The molecule has 0 unspecified atom stereocenters. The van der Waals surface area contributed by atoms with Crippen molar-refractivity contribution in [2.45, 2.75) is 45.4 Å². The summed E-state index contributed by atoms with van der Waals surface area (Å²) in [5.74, 6) is -0.640. The van der Waals surface area contributed by atoms with E-state index in [1.807, 2.05) is 0 Å². The molecule has 132 valence electrons. The second kappa shape index (κ2) is 6.33. The van der Waals surface area contributed by atoms with Crippen molar-refractivity contribution >= 4 is 23.4 Å². The van der Waals surface area contributed by atoms with Crippen molar-refractivity contribution in [3.05, 3.63) is 23.8 Å². The van der Waals surface area contributed by atoms with E-state index in [2.05, 4.69) is 10.6 Å². The van der Waals surface area contributed by atoms with E-state index in [0.717, 1.165) is 12.1 Å². The molecule has 2 N–H and O–H groups in total. The Balaban J connectivity index is 2.19. The lowest BCUT2D eigenvalue weighted by Crippen LogP contribution is -2.27. The summed E-state index contributed by atoms with van der Waals surface area (Å²) in [7, 11) is 0. The molecule has 1 aliphatic rings. The van der Waals surface area contributed by atoms with Crippen molar-refractivity contribution in [3.63, 3.8) is 0 Å². The number of hydrogen-bond acceptors (Lipinski definition) is 3. The van der Waals surface area contributed by atoms with Crippen LogP contribution in [-0.2, 0) is 15.7 Å². The minimum absolute atomic E-state index is 0.0685. The van der Waals surface area contributed by atoms with Gasteiger partial charge in [-0.3, -0.25) is 10.1 Å². The number of carbonyl (C=O) groups is 2. The van der Waals surface area contributed by atoms with Crippen molar-refractivity contribution in [1.29, 1.82) is 0 Å². The predicted octanol–water partition coefficient (Wildman–Crippen LogP) is 4.40. The van der Waals surface area contributed by atoms with Crippen LogP contribution in [0.4, 0.5) is 29.3 Å². The van der Waals surface area contributed by atoms with Crippen molar-refractivity contribution in [2.75, 3.05) is 10.6 Å². The van der Waals surface area contributed by atoms with Crippen LogP contribution >= 0.6 is 0 Å². The van der Waals surface area contributed by atoms with Crippen LogP contribution in [0.15, 0.2) is 18.2 Å². The molecule has 0 heterocycles. The molecule has 24 heavy (non-hydrogen) atoms. The molecule has 8 heteroatoms. The van der Waals surface area contributed by atoms with E-state index in [1.165, 1.54) is 6.07 Å². The molecule has 0 bridgehead atoms. The Morgan fingerprint density at radius 2 is 1.75 bits per heavy atom. The van der Waals surface area contributed by atoms with E-state index in [1.54, 1.807) is 20.8 Å². The van der Waals surface area contributed by atoms with Gasteiger partial charge in [-0.1, -0.05) is 0 Å². The van der Waals surface area contributed by atoms with Crippen LogP contribution in [0.5, 0.6) is 0 Å². The largest absolute Gasteiger partial charge is 0.444 e. The van der Waals surface area contributed by atoms with Crippen LogP contribution in [0.3, 0.4) is 0 Å². The second-order valence-electron chi connectivity index (χ2n) is 6.65. The zero-order valence-electron chi connectivity index (χ0n) is 13.6. The molecular weight excluding hydrogens is 325 g/mol. The summed E-state index contributed by atoms with van der Waals surface area (Å²) in [6.07, 6.45) is -4.15. The third-order valence-corrected chi connectivity index (χ3v) is 3.18. The number of amides is 2. The number of hydrogen-bond donors (Lipinski definition) is 2. The predicted molar refractivity (Wildman–Crippen MR) is 82.7 cm³/mol. The van der Waals surface area contributed by atoms with Crippen LogP contribution in [0, 0.1) is 5.92 Å². The SMILES string of the molecule is CC(C)(C)OC(=O)Nc1ccc(NC(=O)C2CC2)c(C(F)(F)F)c1. The summed E-state index contributed by atoms with van der Waals surface area (Å²) in [6.45, 7) is 4.93. The molecule has 5 nitrogen and oxygen atoms in total. The third-order valence-electron chi connectivity index (χ3n) is 3.18. The lowest BCUT2D eigenvalue weighted by atomic mass is 10.1. The highest BCUT2D eigenvalue weighted by molar-refractivity contribution is 5.95. The molecule has 0 radical (unpaired) electrons. The van der Waals surface area contributed by atoms with Gasteiger partial charge in [-0.25, -0.2) is 4.79 Å². The van der Waals surface area contributed by atoms with Gasteiger partial charge in [-0.15, -0.1) is 0 Å². The van der Waals surface area contributed by atoms with Crippen LogP contribution in [0.1, 0.15) is 39.2 Å². The summed E-state index contributed by atoms with van der Waals surface area (Å²) < 4.78 is 44.6. The topological polar surface area (TPSA) is 67.4 Å². The van der Waals surface area contributed by atoms with E-state index < -0.39 is 29.3 Å². The van der Waals surface area contributed by atoms with Gasteiger partial charge >= 0.3 is 12.3 Å². The minimum Gasteiger partial charge on any atom is -0.444 e. The molecule has 0 aromatic heterocycles. The highest BCUT2D eigenvalue weighted by Gasteiger charge is 2.36.